The van der Waals surface area contributed by atoms with E-state index in [4.69, 9.17) is 5.73 Å². The van der Waals surface area contributed by atoms with Gasteiger partial charge in [-0.3, -0.25) is 5.32 Å². The average molecular weight is 164 g/mol. The van der Waals surface area contributed by atoms with E-state index in [1.165, 1.54) is 0 Å². The van der Waals surface area contributed by atoms with Gasteiger partial charge in [0.05, 0.1) is 18.6 Å². The molecular weight excluding hydrogens is 152 g/mol. The van der Waals surface area contributed by atoms with Crippen LogP contribution < -0.4 is 16.0 Å². The smallest absolute Gasteiger partial charge is 0.123 e. The van der Waals surface area contributed by atoms with Gasteiger partial charge >= 0.3 is 0 Å². The van der Waals surface area contributed by atoms with Gasteiger partial charge in [-0.2, -0.15) is 0 Å². The molecule has 0 bridgehead atoms. The molecule has 0 radical (unpaired) electrons. The quantitative estimate of drug-likeness (QED) is 0.615. The molecule has 0 atom stereocenters. The fourth-order valence-corrected chi connectivity index (χ4v) is 1.31. The molecular formula is C8H12N4. The topological polar surface area (TPSA) is 54.2 Å². The Bertz CT molecular complexity index is 250. The minimum Gasteiger partial charge on any atom is -0.384 e. The first-order chi connectivity index (χ1) is 5.86. The van der Waals surface area contributed by atoms with Gasteiger partial charge in [-0.15, -0.1) is 0 Å². The van der Waals surface area contributed by atoms with E-state index in [0.717, 1.165) is 25.4 Å². The van der Waals surface area contributed by atoms with E-state index in [0.29, 0.717) is 5.82 Å². The summed E-state index contributed by atoms with van der Waals surface area (Å²) in [5.41, 5.74) is 6.61. The van der Waals surface area contributed by atoms with Gasteiger partial charge in [0.25, 0.3) is 0 Å². The largest absolute Gasteiger partial charge is 0.384 e. The van der Waals surface area contributed by atoms with Crippen molar-refractivity contribution >= 4 is 11.5 Å². The zero-order chi connectivity index (χ0) is 8.39. The zero-order valence-electron chi connectivity index (χ0n) is 6.83. The molecule has 4 nitrogen and oxygen atoms in total. The molecule has 0 amide bonds. The summed E-state index contributed by atoms with van der Waals surface area (Å²) in [5, 5.41) is 3.25. The first-order valence-electron chi connectivity index (χ1n) is 4.03. The number of nitrogen functional groups attached to an aromatic ring is 1. The van der Waals surface area contributed by atoms with Crippen molar-refractivity contribution in [1.29, 1.82) is 0 Å². The monoisotopic (exact) mass is 164 g/mol. The van der Waals surface area contributed by atoms with Crippen LogP contribution in [0, 0.1) is 0 Å². The van der Waals surface area contributed by atoms with Gasteiger partial charge in [-0.05, 0) is 12.1 Å². The Kier molecular flexibility index (Phi) is 1.83. The SMILES string of the molecule is Nc1ccc(N2CCNC2)cn1. The maximum absolute atomic E-state index is 5.48. The van der Waals surface area contributed by atoms with Crippen LogP contribution in [0.5, 0.6) is 0 Å². The van der Waals surface area contributed by atoms with Gasteiger partial charge in [-0.1, -0.05) is 0 Å². The molecule has 0 spiro atoms. The first kappa shape index (κ1) is 7.36. The number of hydrogen-bond acceptors (Lipinski definition) is 4. The Morgan fingerprint density at radius 3 is 3.00 bits per heavy atom. The third-order valence-corrected chi connectivity index (χ3v) is 2.00. The maximum atomic E-state index is 5.48. The molecule has 0 unspecified atom stereocenters. The molecule has 4 heteroatoms. The molecule has 2 rings (SSSR count). The molecule has 0 aromatic carbocycles. The van der Waals surface area contributed by atoms with E-state index in [1.807, 2.05) is 18.3 Å². The van der Waals surface area contributed by atoms with E-state index in [-0.39, 0.29) is 0 Å². The molecule has 64 valence electrons. The molecule has 1 aromatic heterocycles. The van der Waals surface area contributed by atoms with Crippen molar-refractivity contribution in [2.75, 3.05) is 30.4 Å². The van der Waals surface area contributed by atoms with E-state index in [2.05, 4.69) is 15.2 Å². The number of nitrogens with two attached hydrogens (primary N) is 1. The van der Waals surface area contributed by atoms with Crippen LogP contribution in [-0.4, -0.2) is 24.7 Å². The lowest BCUT2D eigenvalue weighted by Gasteiger charge is -2.15. The van der Waals surface area contributed by atoms with Crippen molar-refractivity contribution in [3.8, 4) is 0 Å². The van der Waals surface area contributed by atoms with Crippen molar-refractivity contribution in [2.45, 2.75) is 0 Å². The van der Waals surface area contributed by atoms with Crippen LogP contribution in [0.15, 0.2) is 18.3 Å². The van der Waals surface area contributed by atoms with Gasteiger partial charge in [0.2, 0.25) is 0 Å². The lowest BCUT2D eigenvalue weighted by Crippen LogP contribution is -2.20. The lowest BCUT2D eigenvalue weighted by molar-refractivity contribution is 0.854. The molecule has 0 saturated carbocycles. The number of rotatable bonds is 1. The number of nitrogens with one attached hydrogen (secondary N) is 1. The van der Waals surface area contributed by atoms with Crippen LogP contribution in [0.3, 0.4) is 0 Å². The van der Waals surface area contributed by atoms with Gasteiger partial charge in [-0.25, -0.2) is 4.98 Å². The lowest BCUT2D eigenvalue weighted by atomic mass is 10.4. The Hall–Kier alpha value is -1.29. The summed E-state index contributed by atoms with van der Waals surface area (Å²) in [6, 6.07) is 3.82. The number of nitrogens with zero attached hydrogens (tertiary/aromatic N) is 2. The van der Waals surface area contributed by atoms with Gasteiger partial charge in [0.15, 0.2) is 0 Å². The van der Waals surface area contributed by atoms with Crippen LogP contribution >= 0.6 is 0 Å². The Balaban J connectivity index is 2.17. The van der Waals surface area contributed by atoms with Gasteiger partial charge < -0.3 is 10.6 Å². The van der Waals surface area contributed by atoms with Crippen LogP contribution in [-0.2, 0) is 0 Å². The predicted molar refractivity (Wildman–Crippen MR) is 48.9 cm³/mol. The highest BCUT2D eigenvalue weighted by Gasteiger charge is 2.10. The van der Waals surface area contributed by atoms with Crippen molar-refractivity contribution in [3.05, 3.63) is 18.3 Å². The highest BCUT2D eigenvalue weighted by atomic mass is 15.3. The molecule has 1 aliphatic heterocycles. The molecule has 1 aromatic rings. The summed E-state index contributed by atoms with van der Waals surface area (Å²) >= 11 is 0. The Labute approximate surface area is 71.4 Å². The normalized spacial score (nSPS) is 16.8. The van der Waals surface area contributed by atoms with Gasteiger partial charge in [0.1, 0.15) is 5.82 Å². The highest BCUT2D eigenvalue weighted by molar-refractivity contribution is 5.48. The first-order valence-corrected chi connectivity index (χ1v) is 4.03. The maximum Gasteiger partial charge on any atom is 0.123 e. The van der Waals surface area contributed by atoms with E-state index in [1.54, 1.807) is 0 Å². The molecule has 1 fully saturated rings. The second-order valence-electron chi connectivity index (χ2n) is 2.86. The molecule has 0 aliphatic carbocycles. The number of aromatic nitrogens is 1. The summed E-state index contributed by atoms with van der Waals surface area (Å²) < 4.78 is 0. The predicted octanol–water partition coefficient (Wildman–Crippen LogP) is 0.0309. The van der Waals surface area contributed by atoms with Crippen molar-refractivity contribution in [3.63, 3.8) is 0 Å². The van der Waals surface area contributed by atoms with E-state index >= 15 is 0 Å². The second kappa shape index (κ2) is 2.98. The van der Waals surface area contributed by atoms with Crippen molar-refractivity contribution in [2.24, 2.45) is 0 Å². The summed E-state index contributed by atoms with van der Waals surface area (Å²) in [6.45, 7) is 3.00. The molecule has 1 aliphatic rings. The van der Waals surface area contributed by atoms with Gasteiger partial charge in [0, 0.05) is 13.1 Å². The molecule has 1 saturated heterocycles. The minimum atomic E-state index is 0.575. The van der Waals surface area contributed by atoms with Crippen molar-refractivity contribution < 1.29 is 0 Å². The van der Waals surface area contributed by atoms with Crippen LogP contribution in [0.2, 0.25) is 0 Å². The van der Waals surface area contributed by atoms with Crippen LogP contribution in [0.1, 0.15) is 0 Å². The van der Waals surface area contributed by atoms with E-state index < -0.39 is 0 Å². The third kappa shape index (κ3) is 1.33. The molecule has 12 heavy (non-hydrogen) atoms. The Morgan fingerprint density at radius 1 is 1.50 bits per heavy atom. The summed E-state index contributed by atoms with van der Waals surface area (Å²) in [4.78, 5) is 6.26. The minimum absolute atomic E-state index is 0.575. The number of hydrogen-bond donors (Lipinski definition) is 2. The highest BCUT2D eigenvalue weighted by Crippen LogP contribution is 2.13. The summed E-state index contributed by atoms with van der Waals surface area (Å²) in [6.07, 6.45) is 1.81. The fourth-order valence-electron chi connectivity index (χ4n) is 1.31. The zero-order valence-corrected chi connectivity index (χ0v) is 6.83. The number of pyridine rings is 1. The van der Waals surface area contributed by atoms with Crippen LogP contribution in [0.4, 0.5) is 11.5 Å². The third-order valence-electron chi connectivity index (χ3n) is 2.00. The summed E-state index contributed by atoms with van der Waals surface area (Å²) in [5.74, 6) is 0.575. The number of anilines is 2. The molecule has 2 heterocycles. The van der Waals surface area contributed by atoms with Crippen molar-refractivity contribution in [1.82, 2.24) is 10.3 Å². The second-order valence-corrected chi connectivity index (χ2v) is 2.86. The average Bonchev–Trinajstić information content (AvgIpc) is 2.58. The van der Waals surface area contributed by atoms with E-state index in [9.17, 15) is 0 Å². The Morgan fingerprint density at radius 2 is 2.42 bits per heavy atom. The fraction of sp³-hybridized carbons (Fsp3) is 0.375. The molecule has 3 N–H and O–H groups in total. The van der Waals surface area contributed by atoms with Crippen LogP contribution in [0.25, 0.3) is 0 Å². The summed E-state index contributed by atoms with van der Waals surface area (Å²) in [7, 11) is 0. The standard InChI is InChI=1S/C8H12N4/c9-8-2-1-7(5-11-8)12-4-3-10-6-12/h1-2,5,10H,3-4,6H2,(H2,9,11).